The molecule has 0 aromatic rings. The average molecular weight is 431 g/mol. The highest BCUT2D eigenvalue weighted by molar-refractivity contribution is 8.01. The monoisotopic (exact) mass is 430 g/mol. The predicted octanol–water partition coefficient (Wildman–Crippen LogP) is -1.03. The van der Waals surface area contributed by atoms with Crippen molar-refractivity contribution >= 4 is 47.1 Å². The molecule has 154 valence electrons. The van der Waals surface area contributed by atoms with Crippen LogP contribution >= 0.6 is 23.5 Å². The third-order valence-electron chi connectivity index (χ3n) is 5.72. The summed E-state index contributed by atoms with van der Waals surface area (Å²) in [5.74, 6) is -2.43. The number of thioether (sulfide) groups is 2. The van der Waals surface area contributed by atoms with E-state index in [1.807, 2.05) is 0 Å². The van der Waals surface area contributed by atoms with Crippen LogP contribution in [0.3, 0.4) is 0 Å². The van der Waals surface area contributed by atoms with Crippen molar-refractivity contribution in [2.45, 2.75) is 40.8 Å². The number of likely N-dealkylation sites (N-methyl/N-ethyl adjacent to an activating group) is 1. The highest BCUT2D eigenvalue weighted by atomic mass is 32.2. The number of amides is 2. The van der Waals surface area contributed by atoms with E-state index in [1.54, 1.807) is 12.5 Å². The van der Waals surface area contributed by atoms with Gasteiger partial charge in [0.15, 0.2) is 21.6 Å². The summed E-state index contributed by atoms with van der Waals surface area (Å²) >= 11 is 2.05. The molecule has 0 bridgehead atoms. The van der Waals surface area contributed by atoms with Gasteiger partial charge in [-0.1, -0.05) is 0 Å². The summed E-state index contributed by atoms with van der Waals surface area (Å²) in [5, 5.41) is 21.3. The first-order valence-corrected chi connectivity index (χ1v) is 11.0. The van der Waals surface area contributed by atoms with Gasteiger partial charge in [0.1, 0.15) is 11.6 Å². The largest absolute Gasteiger partial charge is 0.452 e. The molecule has 28 heavy (non-hydrogen) atoms. The van der Waals surface area contributed by atoms with Gasteiger partial charge in [0.25, 0.3) is 11.8 Å². The van der Waals surface area contributed by atoms with E-state index < -0.39 is 57.7 Å². The molecule has 0 radical (unpaired) electrons. The maximum absolute atomic E-state index is 13.6. The van der Waals surface area contributed by atoms with Crippen LogP contribution in [0.1, 0.15) is 13.3 Å². The summed E-state index contributed by atoms with van der Waals surface area (Å²) in [6, 6.07) is -1.27. The Labute approximate surface area is 170 Å². The summed E-state index contributed by atoms with van der Waals surface area (Å²) < 4.78 is 5.17. The number of hydrogen-bond acceptors (Lipinski definition) is 9. The average Bonchev–Trinajstić information content (AvgIpc) is 2.94. The van der Waals surface area contributed by atoms with Crippen LogP contribution in [-0.2, 0) is 23.9 Å². The molecular weight excluding hydrogens is 408 g/mol. The molecule has 2 fully saturated rings. The van der Waals surface area contributed by atoms with Gasteiger partial charge in [-0.05, 0) is 24.7 Å². The van der Waals surface area contributed by atoms with Crippen LogP contribution in [0.5, 0.6) is 0 Å². The van der Waals surface area contributed by atoms with Gasteiger partial charge in [0.2, 0.25) is 0 Å². The molecule has 2 N–H and O–H groups in total. The first kappa shape index (κ1) is 21.2. The van der Waals surface area contributed by atoms with E-state index in [1.165, 1.54) is 18.0 Å². The summed E-state index contributed by atoms with van der Waals surface area (Å²) in [4.78, 5) is 50.3. The molecule has 3 rings (SSSR count). The van der Waals surface area contributed by atoms with Crippen molar-refractivity contribution in [3.05, 3.63) is 12.2 Å². The molecule has 5 atom stereocenters. The summed E-state index contributed by atoms with van der Waals surface area (Å²) in [6.07, 6.45) is 3.98. The molecule has 9 nitrogen and oxygen atoms in total. The Morgan fingerprint density at radius 3 is 2.43 bits per heavy atom. The Kier molecular flexibility index (Phi) is 5.10. The van der Waals surface area contributed by atoms with Crippen LogP contribution in [0.2, 0.25) is 0 Å². The van der Waals surface area contributed by atoms with Gasteiger partial charge < -0.3 is 24.7 Å². The fourth-order valence-electron chi connectivity index (χ4n) is 4.30. The predicted molar refractivity (Wildman–Crippen MR) is 102 cm³/mol. The Hall–Kier alpha value is -1.56. The Morgan fingerprint density at radius 2 is 1.93 bits per heavy atom. The minimum Gasteiger partial charge on any atom is -0.452 e. The molecule has 0 aromatic heterocycles. The molecule has 0 unspecified atom stereocenters. The standard InChI is InChI=1S/C17H22N2O7S2/c1-9(21)26-11-10(22)5-6-15(25)7-16(27-3)13(23)18(2)17(8-20,28-4)14(24)19(16)12(11)15/h5-6,11-12,20,25H,7-8H2,1-4H3/t11-,12+,15-,16+,17-/m0/s1. The zero-order valence-electron chi connectivity index (χ0n) is 15.9. The lowest BCUT2D eigenvalue weighted by Crippen LogP contribution is -2.75. The second-order valence-electron chi connectivity index (χ2n) is 7.05. The quantitative estimate of drug-likeness (QED) is 0.539. The lowest BCUT2D eigenvalue weighted by Gasteiger charge is -2.53. The van der Waals surface area contributed by atoms with Crippen LogP contribution in [0, 0.1) is 0 Å². The lowest BCUT2D eigenvalue weighted by molar-refractivity contribution is -0.175. The van der Waals surface area contributed by atoms with E-state index in [9.17, 15) is 29.4 Å². The van der Waals surface area contributed by atoms with Gasteiger partial charge >= 0.3 is 5.97 Å². The van der Waals surface area contributed by atoms with Crippen LogP contribution in [0.15, 0.2) is 12.2 Å². The summed E-state index contributed by atoms with van der Waals surface area (Å²) in [7, 11) is 1.43. The minimum atomic E-state index is -1.74. The van der Waals surface area contributed by atoms with Gasteiger partial charge in [-0.15, -0.1) is 23.5 Å². The number of hydrogen-bond donors (Lipinski definition) is 2. The van der Waals surface area contributed by atoms with Crippen LogP contribution in [0.25, 0.3) is 0 Å². The highest BCUT2D eigenvalue weighted by Crippen LogP contribution is 2.55. The first-order valence-electron chi connectivity index (χ1n) is 8.50. The Morgan fingerprint density at radius 1 is 1.29 bits per heavy atom. The van der Waals surface area contributed by atoms with E-state index in [0.29, 0.717) is 0 Å². The third kappa shape index (κ3) is 2.49. The number of nitrogens with zero attached hydrogens (tertiary/aromatic N) is 2. The molecule has 0 saturated carbocycles. The van der Waals surface area contributed by atoms with E-state index in [2.05, 4.69) is 0 Å². The SMILES string of the molecule is CS[C@@]1(CO)C(=O)N2[C@@H]3[C@@H](OC(C)=O)C(=O)C=C[C@]3(O)C[C@@]2(SC)C(=O)N1C. The molecule has 11 heteroatoms. The number of carbonyl (C=O) groups excluding carboxylic acids is 4. The molecule has 2 saturated heterocycles. The van der Waals surface area contributed by atoms with Gasteiger partial charge in [-0.3, -0.25) is 19.2 Å². The van der Waals surface area contributed by atoms with Crippen molar-refractivity contribution < 1.29 is 34.1 Å². The van der Waals surface area contributed by atoms with Crippen LogP contribution in [-0.4, -0.2) is 97.2 Å². The number of piperazine rings is 1. The zero-order chi connectivity index (χ0) is 21.1. The summed E-state index contributed by atoms with van der Waals surface area (Å²) in [5.41, 5.74) is -1.74. The van der Waals surface area contributed by atoms with Crippen molar-refractivity contribution in [3.8, 4) is 0 Å². The summed E-state index contributed by atoms with van der Waals surface area (Å²) in [6.45, 7) is 0.474. The van der Waals surface area contributed by atoms with E-state index in [0.717, 1.165) is 41.4 Å². The van der Waals surface area contributed by atoms with E-state index >= 15 is 0 Å². The molecule has 0 spiro atoms. The number of aliphatic hydroxyl groups excluding tert-OH is 1. The second kappa shape index (κ2) is 6.75. The molecule has 1 aliphatic carbocycles. The first-order chi connectivity index (χ1) is 13.0. The smallest absolute Gasteiger partial charge is 0.303 e. The molecule has 2 aliphatic heterocycles. The molecule has 2 amide bonds. The van der Waals surface area contributed by atoms with Gasteiger partial charge in [-0.25, -0.2) is 0 Å². The van der Waals surface area contributed by atoms with Crippen molar-refractivity contribution in [1.29, 1.82) is 0 Å². The fourth-order valence-corrected chi connectivity index (χ4v) is 6.14. The number of carbonyl (C=O) groups is 4. The van der Waals surface area contributed by atoms with Crippen molar-refractivity contribution in [1.82, 2.24) is 9.80 Å². The second-order valence-corrected chi connectivity index (χ2v) is 9.22. The molecule has 0 aromatic carbocycles. The number of rotatable bonds is 4. The lowest BCUT2D eigenvalue weighted by atomic mass is 9.83. The Balaban J connectivity index is 2.24. The van der Waals surface area contributed by atoms with Crippen molar-refractivity contribution in [3.63, 3.8) is 0 Å². The molecule has 3 aliphatic rings. The van der Waals surface area contributed by atoms with E-state index in [-0.39, 0.29) is 6.42 Å². The van der Waals surface area contributed by atoms with Crippen molar-refractivity contribution in [2.75, 3.05) is 26.2 Å². The number of esters is 1. The van der Waals surface area contributed by atoms with Gasteiger partial charge in [0, 0.05) is 20.4 Å². The maximum Gasteiger partial charge on any atom is 0.303 e. The van der Waals surface area contributed by atoms with Crippen molar-refractivity contribution in [2.24, 2.45) is 0 Å². The van der Waals surface area contributed by atoms with Gasteiger partial charge in [-0.2, -0.15) is 0 Å². The van der Waals surface area contributed by atoms with Crippen LogP contribution < -0.4 is 0 Å². The fraction of sp³-hybridized carbons (Fsp3) is 0.647. The number of ether oxygens (including phenoxy) is 1. The zero-order valence-corrected chi connectivity index (χ0v) is 17.5. The van der Waals surface area contributed by atoms with Gasteiger partial charge in [0.05, 0.1) is 6.61 Å². The molecular formula is C17H22N2O7S2. The van der Waals surface area contributed by atoms with E-state index in [4.69, 9.17) is 4.74 Å². The van der Waals surface area contributed by atoms with Crippen LogP contribution in [0.4, 0.5) is 0 Å². The normalized spacial score (nSPS) is 39.9. The minimum absolute atomic E-state index is 0.168. The number of fused-ring (bicyclic) bond motifs is 3. The third-order valence-corrected chi connectivity index (χ3v) is 8.17. The molecule has 2 heterocycles. The number of ketones is 1. The Bertz CT molecular complexity index is 783. The topological polar surface area (TPSA) is 124 Å². The number of aliphatic hydroxyl groups is 2. The maximum atomic E-state index is 13.6. The highest BCUT2D eigenvalue weighted by Gasteiger charge is 2.73.